The molecule has 158 valence electrons. The molecule has 0 aliphatic carbocycles. The molecular weight excluding hydrogens is 372 g/mol. The van der Waals surface area contributed by atoms with Crippen molar-refractivity contribution in [3.8, 4) is 5.88 Å². The maximum Gasteiger partial charge on any atom is 0.407 e. The van der Waals surface area contributed by atoms with Gasteiger partial charge in [-0.1, -0.05) is 0 Å². The summed E-state index contributed by atoms with van der Waals surface area (Å²) in [7, 11) is 1.61. The number of aromatic nitrogens is 2. The van der Waals surface area contributed by atoms with Gasteiger partial charge in [0.15, 0.2) is 0 Å². The van der Waals surface area contributed by atoms with Gasteiger partial charge in [0.2, 0.25) is 5.88 Å². The lowest BCUT2D eigenvalue weighted by Crippen LogP contribution is -2.48. The molecule has 1 amide bonds. The van der Waals surface area contributed by atoms with E-state index in [9.17, 15) is 4.79 Å². The molecule has 8 nitrogen and oxygen atoms in total. The van der Waals surface area contributed by atoms with Crippen LogP contribution < -0.4 is 10.1 Å². The number of morpholine rings is 1. The lowest BCUT2D eigenvalue weighted by molar-refractivity contribution is -0.0281. The second kappa shape index (κ2) is 9.37. The summed E-state index contributed by atoms with van der Waals surface area (Å²) in [4.78, 5) is 23.1. The summed E-state index contributed by atoms with van der Waals surface area (Å²) >= 11 is 0. The third kappa shape index (κ3) is 6.27. The molecule has 1 N–H and O–H groups in total. The molecule has 3 rings (SSSR count). The van der Waals surface area contributed by atoms with Crippen molar-refractivity contribution in [2.24, 2.45) is 0 Å². The molecule has 1 unspecified atom stereocenters. The summed E-state index contributed by atoms with van der Waals surface area (Å²) in [5, 5.41) is 2.80. The first-order valence-corrected chi connectivity index (χ1v) is 9.93. The summed E-state index contributed by atoms with van der Waals surface area (Å²) in [5.74, 6) is 0.589. The molecule has 0 saturated carbocycles. The van der Waals surface area contributed by atoms with Gasteiger partial charge in [-0.25, -0.2) is 9.78 Å². The molecule has 1 saturated heterocycles. The quantitative estimate of drug-likeness (QED) is 0.794. The van der Waals surface area contributed by atoms with Crippen molar-refractivity contribution < 1.29 is 19.0 Å². The Labute approximate surface area is 171 Å². The second-order valence-corrected chi connectivity index (χ2v) is 8.12. The van der Waals surface area contributed by atoms with E-state index in [0.29, 0.717) is 19.0 Å². The number of amides is 1. The minimum atomic E-state index is -0.506. The molecule has 0 radical (unpaired) electrons. The summed E-state index contributed by atoms with van der Waals surface area (Å²) < 4.78 is 16.3. The first-order valence-electron chi connectivity index (χ1n) is 9.93. The van der Waals surface area contributed by atoms with E-state index >= 15 is 0 Å². The molecule has 0 bridgehead atoms. The Balaban J connectivity index is 1.53. The lowest BCUT2D eigenvalue weighted by Gasteiger charge is -2.33. The molecule has 1 atom stereocenters. The Bertz CT molecular complexity index is 837. The van der Waals surface area contributed by atoms with Crippen molar-refractivity contribution in [3.63, 3.8) is 0 Å². The van der Waals surface area contributed by atoms with E-state index in [4.69, 9.17) is 14.2 Å². The molecule has 0 aromatic carbocycles. The number of methoxy groups -OCH3 is 1. The van der Waals surface area contributed by atoms with Crippen LogP contribution in [0.5, 0.6) is 5.88 Å². The number of hydrogen-bond acceptors (Lipinski definition) is 7. The monoisotopic (exact) mass is 402 g/mol. The van der Waals surface area contributed by atoms with Gasteiger partial charge in [-0.2, -0.15) is 0 Å². The fraction of sp³-hybridized carbons (Fsp3) is 0.571. The van der Waals surface area contributed by atoms with E-state index < -0.39 is 11.7 Å². The van der Waals surface area contributed by atoms with Crippen molar-refractivity contribution >= 4 is 17.1 Å². The normalized spacial score (nSPS) is 17.9. The van der Waals surface area contributed by atoms with Crippen LogP contribution in [0.3, 0.4) is 0 Å². The number of ether oxygens (including phenoxy) is 3. The van der Waals surface area contributed by atoms with Gasteiger partial charge in [-0.3, -0.25) is 9.88 Å². The van der Waals surface area contributed by atoms with E-state index in [0.717, 1.165) is 42.7 Å². The zero-order chi connectivity index (χ0) is 20.9. The van der Waals surface area contributed by atoms with Crippen LogP contribution in [-0.2, 0) is 15.9 Å². The van der Waals surface area contributed by atoms with Gasteiger partial charge in [-0.05, 0) is 44.9 Å². The lowest BCUT2D eigenvalue weighted by atomic mass is 10.1. The molecule has 0 spiro atoms. The summed E-state index contributed by atoms with van der Waals surface area (Å²) in [6.45, 7) is 9.12. The predicted molar refractivity (Wildman–Crippen MR) is 110 cm³/mol. The topological polar surface area (TPSA) is 85.8 Å². The SMILES string of the molecule is COc1ccc2nccc(CCN3CCOC(CNC(=O)OC(C)(C)C)C3)c2n1. The average Bonchev–Trinajstić information content (AvgIpc) is 2.69. The summed E-state index contributed by atoms with van der Waals surface area (Å²) in [6.07, 6.45) is 2.20. The van der Waals surface area contributed by atoms with Crippen LogP contribution in [0.2, 0.25) is 0 Å². The van der Waals surface area contributed by atoms with E-state index in [1.165, 1.54) is 0 Å². The van der Waals surface area contributed by atoms with Crippen molar-refractivity contribution in [2.45, 2.75) is 38.9 Å². The zero-order valence-corrected chi connectivity index (χ0v) is 17.6. The number of nitrogens with zero attached hydrogens (tertiary/aromatic N) is 3. The summed E-state index contributed by atoms with van der Waals surface area (Å²) in [5.41, 5.74) is 2.38. The Morgan fingerprint density at radius 1 is 1.34 bits per heavy atom. The smallest absolute Gasteiger partial charge is 0.407 e. The molecule has 1 aliphatic rings. The molecule has 29 heavy (non-hydrogen) atoms. The Morgan fingerprint density at radius 3 is 2.93 bits per heavy atom. The van der Waals surface area contributed by atoms with Crippen LogP contribution >= 0.6 is 0 Å². The minimum absolute atomic E-state index is 0.0522. The molecule has 1 aliphatic heterocycles. The Kier molecular flexibility index (Phi) is 6.87. The highest BCUT2D eigenvalue weighted by atomic mass is 16.6. The van der Waals surface area contributed by atoms with Gasteiger partial charge < -0.3 is 19.5 Å². The van der Waals surface area contributed by atoms with Crippen LogP contribution in [-0.4, -0.2) is 72.6 Å². The number of carbonyl (C=O) groups excluding carboxylic acids is 1. The van der Waals surface area contributed by atoms with Gasteiger partial charge in [-0.15, -0.1) is 0 Å². The molecular formula is C21H30N4O4. The second-order valence-electron chi connectivity index (χ2n) is 8.12. The zero-order valence-electron chi connectivity index (χ0n) is 17.6. The molecule has 2 aromatic heterocycles. The largest absolute Gasteiger partial charge is 0.481 e. The Hall–Kier alpha value is -2.45. The third-order valence-corrected chi connectivity index (χ3v) is 4.64. The third-order valence-electron chi connectivity index (χ3n) is 4.64. The van der Waals surface area contributed by atoms with E-state index in [2.05, 4.69) is 20.2 Å². The van der Waals surface area contributed by atoms with Crippen molar-refractivity contribution in [2.75, 3.05) is 39.9 Å². The van der Waals surface area contributed by atoms with Gasteiger partial charge in [0.05, 0.1) is 30.9 Å². The fourth-order valence-corrected chi connectivity index (χ4v) is 3.27. The average molecular weight is 402 g/mol. The minimum Gasteiger partial charge on any atom is -0.481 e. The number of fused-ring (bicyclic) bond motifs is 1. The molecule has 8 heteroatoms. The van der Waals surface area contributed by atoms with Gasteiger partial charge in [0.25, 0.3) is 0 Å². The van der Waals surface area contributed by atoms with Crippen molar-refractivity contribution in [1.29, 1.82) is 0 Å². The van der Waals surface area contributed by atoms with Crippen LogP contribution in [0.1, 0.15) is 26.3 Å². The standard InChI is InChI=1S/C21H30N4O4/c1-21(2,3)29-20(26)23-13-16-14-25(11-12-28-16)10-8-15-7-9-22-17-5-6-18(27-4)24-19(15)17/h5-7,9,16H,8,10-14H2,1-4H3,(H,23,26). The molecule has 3 heterocycles. The van der Waals surface area contributed by atoms with Crippen molar-refractivity contribution in [3.05, 3.63) is 30.0 Å². The van der Waals surface area contributed by atoms with Gasteiger partial charge in [0, 0.05) is 38.4 Å². The predicted octanol–water partition coefficient (Wildman–Crippen LogP) is 2.41. The molecule has 2 aromatic rings. The van der Waals surface area contributed by atoms with Crippen LogP contribution in [0.4, 0.5) is 4.79 Å². The Morgan fingerprint density at radius 2 is 2.17 bits per heavy atom. The number of alkyl carbamates (subject to hydrolysis) is 1. The van der Waals surface area contributed by atoms with E-state index in [1.807, 2.05) is 45.2 Å². The molecule has 1 fully saturated rings. The number of rotatable bonds is 6. The number of carbonyl (C=O) groups is 1. The van der Waals surface area contributed by atoms with Gasteiger partial charge >= 0.3 is 6.09 Å². The fourth-order valence-electron chi connectivity index (χ4n) is 3.27. The van der Waals surface area contributed by atoms with Gasteiger partial charge in [0.1, 0.15) is 5.60 Å². The highest BCUT2D eigenvalue weighted by Crippen LogP contribution is 2.19. The number of hydrogen-bond donors (Lipinski definition) is 1. The highest BCUT2D eigenvalue weighted by molar-refractivity contribution is 5.78. The first-order chi connectivity index (χ1) is 13.8. The highest BCUT2D eigenvalue weighted by Gasteiger charge is 2.22. The van der Waals surface area contributed by atoms with Crippen LogP contribution in [0, 0.1) is 0 Å². The van der Waals surface area contributed by atoms with E-state index in [1.54, 1.807) is 7.11 Å². The maximum absolute atomic E-state index is 11.8. The van der Waals surface area contributed by atoms with E-state index in [-0.39, 0.29) is 6.10 Å². The summed E-state index contributed by atoms with van der Waals surface area (Å²) in [6, 6.07) is 5.76. The number of nitrogens with one attached hydrogen (secondary N) is 1. The first kappa shape index (κ1) is 21.3. The van der Waals surface area contributed by atoms with Crippen LogP contribution in [0.15, 0.2) is 24.4 Å². The number of pyridine rings is 2. The van der Waals surface area contributed by atoms with Crippen LogP contribution in [0.25, 0.3) is 11.0 Å². The maximum atomic E-state index is 11.8. The van der Waals surface area contributed by atoms with Crippen molar-refractivity contribution in [1.82, 2.24) is 20.2 Å².